The fraction of sp³-hybridized carbons (Fsp3) is 0.300. The molecule has 0 radical (unpaired) electrons. The molecule has 1 atom stereocenters. The van der Waals surface area contributed by atoms with Crippen molar-refractivity contribution < 1.29 is 4.79 Å². The number of carbonyl (C=O) groups excluding carboxylic acids is 1. The van der Waals surface area contributed by atoms with Gasteiger partial charge in [-0.3, -0.25) is 4.79 Å². The van der Waals surface area contributed by atoms with Crippen molar-refractivity contribution in [2.75, 3.05) is 0 Å². The smallest absolute Gasteiger partial charge is 0.166 e. The van der Waals surface area contributed by atoms with Gasteiger partial charge in [0.2, 0.25) is 0 Å². The van der Waals surface area contributed by atoms with Gasteiger partial charge in [0.25, 0.3) is 0 Å². The third-order valence-electron chi connectivity index (χ3n) is 2.04. The fourth-order valence-corrected chi connectivity index (χ4v) is 1.38. The summed E-state index contributed by atoms with van der Waals surface area (Å²) >= 11 is 0. The number of allylic oxidation sites excluding steroid dienone is 4. The van der Waals surface area contributed by atoms with Crippen molar-refractivity contribution in [3.8, 4) is 0 Å². The highest BCUT2D eigenvalue weighted by molar-refractivity contribution is 6.03. The lowest BCUT2D eigenvalue weighted by Gasteiger charge is -1.95. The van der Waals surface area contributed by atoms with Gasteiger partial charge in [0.05, 0.1) is 0 Å². The highest BCUT2D eigenvalue weighted by atomic mass is 16.1. The number of hydrogen-bond acceptors (Lipinski definition) is 1. The summed E-state index contributed by atoms with van der Waals surface area (Å²) in [6.45, 7) is 9.18. The van der Waals surface area contributed by atoms with Gasteiger partial charge >= 0.3 is 0 Å². The van der Waals surface area contributed by atoms with E-state index in [1.165, 1.54) is 0 Å². The summed E-state index contributed by atoms with van der Waals surface area (Å²) in [5, 5.41) is 0. The van der Waals surface area contributed by atoms with Crippen LogP contribution in [0.25, 0.3) is 0 Å². The fourth-order valence-electron chi connectivity index (χ4n) is 1.38. The Morgan fingerprint density at radius 1 is 1.45 bits per heavy atom. The van der Waals surface area contributed by atoms with Crippen LogP contribution in [0.1, 0.15) is 13.3 Å². The summed E-state index contributed by atoms with van der Waals surface area (Å²) in [5.74, 6) is 0.325. The van der Waals surface area contributed by atoms with Crippen LogP contribution in [0.5, 0.6) is 0 Å². The highest BCUT2D eigenvalue weighted by Crippen LogP contribution is 2.28. The Hall–Kier alpha value is -1.11. The maximum Gasteiger partial charge on any atom is 0.166 e. The van der Waals surface area contributed by atoms with Crippen molar-refractivity contribution in [2.45, 2.75) is 13.3 Å². The van der Waals surface area contributed by atoms with Crippen molar-refractivity contribution in [3.05, 3.63) is 36.5 Å². The first-order chi connectivity index (χ1) is 5.20. The SMILES string of the molecule is C=CC1=C(C=C)C(=O)C(C)C1. The van der Waals surface area contributed by atoms with Gasteiger partial charge in [0, 0.05) is 11.5 Å². The average Bonchev–Trinajstić information content (AvgIpc) is 2.28. The second-order valence-corrected chi connectivity index (χ2v) is 2.82. The van der Waals surface area contributed by atoms with Crippen LogP contribution >= 0.6 is 0 Å². The lowest BCUT2D eigenvalue weighted by Crippen LogP contribution is -2.03. The Bertz CT molecular complexity index is 246. The van der Waals surface area contributed by atoms with E-state index in [4.69, 9.17) is 0 Å². The molecule has 1 aliphatic carbocycles. The molecule has 0 amide bonds. The van der Waals surface area contributed by atoms with E-state index in [0.717, 1.165) is 17.6 Å². The molecular weight excluding hydrogens is 136 g/mol. The molecule has 0 heterocycles. The minimum atomic E-state index is 0.121. The molecule has 1 nitrogen and oxygen atoms in total. The van der Waals surface area contributed by atoms with Gasteiger partial charge in [-0.1, -0.05) is 32.2 Å². The zero-order chi connectivity index (χ0) is 8.43. The molecule has 11 heavy (non-hydrogen) atoms. The first-order valence-electron chi connectivity index (χ1n) is 3.73. The van der Waals surface area contributed by atoms with Crippen LogP contribution in [0.2, 0.25) is 0 Å². The summed E-state index contributed by atoms with van der Waals surface area (Å²) in [7, 11) is 0. The minimum absolute atomic E-state index is 0.121. The molecule has 0 saturated heterocycles. The Morgan fingerprint density at radius 3 is 2.45 bits per heavy atom. The Labute approximate surface area is 67.1 Å². The summed E-state index contributed by atoms with van der Waals surface area (Å²) < 4.78 is 0. The highest BCUT2D eigenvalue weighted by Gasteiger charge is 2.25. The van der Waals surface area contributed by atoms with Crippen molar-refractivity contribution in [3.63, 3.8) is 0 Å². The van der Waals surface area contributed by atoms with Crippen LogP contribution in [-0.2, 0) is 4.79 Å². The van der Waals surface area contributed by atoms with Crippen molar-refractivity contribution in [1.82, 2.24) is 0 Å². The van der Waals surface area contributed by atoms with Crippen LogP contribution in [-0.4, -0.2) is 5.78 Å². The van der Waals surface area contributed by atoms with Crippen LogP contribution in [0.4, 0.5) is 0 Å². The number of ketones is 1. The number of Topliss-reactive ketones (excluding diaryl/α,β-unsaturated/α-hetero) is 1. The van der Waals surface area contributed by atoms with E-state index in [2.05, 4.69) is 13.2 Å². The number of rotatable bonds is 2. The molecule has 58 valence electrons. The lowest BCUT2D eigenvalue weighted by atomic mass is 10.1. The molecular formula is C10H12O. The Balaban J connectivity index is 3.04. The van der Waals surface area contributed by atoms with Crippen molar-refractivity contribution in [1.29, 1.82) is 0 Å². The second kappa shape index (κ2) is 2.87. The first-order valence-corrected chi connectivity index (χ1v) is 3.73. The van der Waals surface area contributed by atoms with Gasteiger partial charge in [0.15, 0.2) is 5.78 Å². The number of hydrogen-bond donors (Lipinski definition) is 0. The molecule has 0 saturated carbocycles. The van der Waals surface area contributed by atoms with E-state index in [1.807, 2.05) is 6.92 Å². The summed E-state index contributed by atoms with van der Waals surface area (Å²) in [4.78, 5) is 11.3. The standard InChI is InChI=1S/C10H12O/c1-4-8-6-7(3)10(11)9(8)5-2/h4-5,7H,1-2,6H2,3H3. The van der Waals surface area contributed by atoms with E-state index < -0.39 is 0 Å². The van der Waals surface area contributed by atoms with E-state index >= 15 is 0 Å². The molecule has 1 rings (SSSR count). The van der Waals surface area contributed by atoms with Gasteiger partial charge in [-0.15, -0.1) is 0 Å². The molecule has 0 fully saturated rings. The van der Waals surface area contributed by atoms with E-state index in [1.54, 1.807) is 12.2 Å². The third-order valence-corrected chi connectivity index (χ3v) is 2.04. The van der Waals surface area contributed by atoms with Gasteiger partial charge in [-0.05, 0) is 12.0 Å². The Morgan fingerprint density at radius 2 is 2.09 bits per heavy atom. The van der Waals surface area contributed by atoms with Crippen molar-refractivity contribution >= 4 is 5.78 Å². The number of carbonyl (C=O) groups is 1. The quantitative estimate of drug-likeness (QED) is 0.587. The molecule has 0 aromatic rings. The van der Waals surface area contributed by atoms with Crippen LogP contribution in [0.3, 0.4) is 0 Å². The Kier molecular flexibility index (Phi) is 2.08. The zero-order valence-electron chi connectivity index (χ0n) is 6.76. The molecule has 0 spiro atoms. The van der Waals surface area contributed by atoms with E-state index in [0.29, 0.717) is 0 Å². The molecule has 0 N–H and O–H groups in total. The van der Waals surface area contributed by atoms with Gasteiger partial charge < -0.3 is 0 Å². The molecule has 1 heteroatoms. The molecule has 0 bridgehead atoms. The minimum Gasteiger partial charge on any atom is -0.294 e. The summed E-state index contributed by atoms with van der Waals surface area (Å²) in [6.07, 6.45) is 4.20. The normalized spacial score (nSPS) is 24.1. The third kappa shape index (κ3) is 1.18. The summed E-state index contributed by atoms with van der Waals surface area (Å²) in [6, 6.07) is 0. The lowest BCUT2D eigenvalue weighted by molar-refractivity contribution is -0.117. The van der Waals surface area contributed by atoms with E-state index in [-0.39, 0.29) is 11.7 Å². The average molecular weight is 148 g/mol. The second-order valence-electron chi connectivity index (χ2n) is 2.82. The van der Waals surface area contributed by atoms with Gasteiger partial charge in [-0.25, -0.2) is 0 Å². The molecule has 0 aromatic heterocycles. The first kappa shape index (κ1) is 7.99. The molecule has 0 aromatic carbocycles. The predicted octanol–water partition coefficient (Wildman–Crippen LogP) is 2.26. The topological polar surface area (TPSA) is 17.1 Å². The van der Waals surface area contributed by atoms with Crippen LogP contribution in [0.15, 0.2) is 36.5 Å². The van der Waals surface area contributed by atoms with Crippen molar-refractivity contribution in [2.24, 2.45) is 5.92 Å². The monoisotopic (exact) mass is 148 g/mol. The predicted molar refractivity (Wildman–Crippen MR) is 46.2 cm³/mol. The van der Waals surface area contributed by atoms with E-state index in [9.17, 15) is 4.79 Å². The largest absolute Gasteiger partial charge is 0.294 e. The molecule has 1 unspecified atom stereocenters. The molecule has 1 aliphatic rings. The van der Waals surface area contributed by atoms with Gasteiger partial charge in [-0.2, -0.15) is 0 Å². The molecule has 0 aliphatic heterocycles. The summed E-state index contributed by atoms with van der Waals surface area (Å²) in [5.41, 5.74) is 1.80. The zero-order valence-corrected chi connectivity index (χ0v) is 6.76. The van der Waals surface area contributed by atoms with Gasteiger partial charge in [0.1, 0.15) is 0 Å². The maximum atomic E-state index is 11.3. The van der Waals surface area contributed by atoms with Crippen LogP contribution < -0.4 is 0 Å². The van der Waals surface area contributed by atoms with Crippen LogP contribution in [0, 0.1) is 5.92 Å². The maximum absolute atomic E-state index is 11.3.